The van der Waals surface area contributed by atoms with Crippen LogP contribution in [0.1, 0.15) is 0 Å². The largest absolute Gasteiger partial charge is 0.504 e. The Morgan fingerprint density at radius 1 is 1.53 bits per heavy atom. The number of halogens is 1. The molecule has 0 bridgehead atoms. The molecule has 1 rings (SSSR count). The van der Waals surface area contributed by atoms with E-state index < -0.39 is 37.1 Å². The molecule has 0 aliphatic carbocycles. The number of non-ortho nitro benzene ring substituents is 1. The number of nitrogens with zero attached hydrogens (tertiary/aromatic N) is 2. The van der Waals surface area contributed by atoms with Gasteiger partial charge in [-0.1, -0.05) is 0 Å². The summed E-state index contributed by atoms with van der Waals surface area (Å²) in [4.78, 5) is 12.2. The predicted molar refractivity (Wildman–Crippen MR) is 66.6 cm³/mol. The van der Waals surface area contributed by atoms with E-state index in [1.807, 2.05) is 0 Å². The highest BCUT2D eigenvalue weighted by atomic mass is 35.5. The third-order valence-corrected chi connectivity index (χ3v) is 3.07. The summed E-state index contributed by atoms with van der Waals surface area (Å²) >= 11 is 5.35. The van der Waals surface area contributed by atoms with Crippen molar-refractivity contribution in [3.05, 3.63) is 22.2 Å². The van der Waals surface area contributed by atoms with Gasteiger partial charge in [0.2, 0.25) is 0 Å². The van der Waals surface area contributed by atoms with Crippen molar-refractivity contribution in [3.63, 3.8) is 0 Å². The average molecular weight is 310 g/mol. The molecule has 104 valence electrons. The van der Waals surface area contributed by atoms with Crippen LogP contribution in [-0.4, -0.2) is 34.7 Å². The number of nitro groups is 1. The summed E-state index contributed by atoms with van der Waals surface area (Å²) in [5.41, 5.74) is 4.11. The second kappa shape index (κ2) is 5.38. The van der Waals surface area contributed by atoms with Gasteiger partial charge in [0.1, 0.15) is 16.4 Å². The van der Waals surface area contributed by atoms with Gasteiger partial charge >= 0.3 is 0 Å². The Kier molecular flexibility index (Phi) is 4.29. The second-order valence-corrected chi connectivity index (χ2v) is 4.94. The maximum Gasteiger partial charge on any atom is 0.298 e. The topological polar surface area (TPSA) is 156 Å². The van der Waals surface area contributed by atoms with Gasteiger partial charge in [0, 0.05) is 12.1 Å². The van der Waals surface area contributed by atoms with Crippen LogP contribution in [0.15, 0.2) is 22.0 Å². The zero-order valence-electron chi connectivity index (χ0n) is 9.15. The lowest BCUT2D eigenvalue weighted by Gasteiger charge is -2.05. The Labute approximate surface area is 112 Å². The lowest BCUT2D eigenvalue weighted by molar-refractivity contribution is -0.385. The van der Waals surface area contributed by atoms with Gasteiger partial charge in [-0.05, 0) is 0 Å². The summed E-state index contributed by atoms with van der Waals surface area (Å²) in [6.07, 6.45) is 0. The summed E-state index contributed by atoms with van der Waals surface area (Å²) < 4.78 is 30.9. The van der Waals surface area contributed by atoms with Crippen LogP contribution in [-0.2, 0) is 10.1 Å². The van der Waals surface area contributed by atoms with E-state index in [1.54, 1.807) is 0 Å². The normalized spacial score (nSPS) is 12.4. The van der Waals surface area contributed by atoms with Gasteiger partial charge in [-0.15, -0.1) is 11.6 Å². The van der Waals surface area contributed by atoms with Crippen molar-refractivity contribution < 1.29 is 23.0 Å². The second-order valence-electron chi connectivity index (χ2n) is 3.28. The molecule has 0 heterocycles. The number of nitrogens with two attached hydrogens (primary N) is 1. The highest BCUT2D eigenvalue weighted by Crippen LogP contribution is 2.37. The van der Waals surface area contributed by atoms with Crippen LogP contribution in [0.2, 0.25) is 0 Å². The molecule has 0 spiro atoms. The highest BCUT2D eigenvalue weighted by molar-refractivity contribution is 7.86. The molecule has 11 heteroatoms. The first-order chi connectivity index (χ1) is 8.66. The molecule has 19 heavy (non-hydrogen) atoms. The monoisotopic (exact) mass is 309 g/mol. The molecule has 0 aromatic heterocycles. The van der Waals surface area contributed by atoms with Gasteiger partial charge < -0.3 is 10.8 Å². The molecule has 1 aromatic carbocycles. The van der Waals surface area contributed by atoms with E-state index in [-0.39, 0.29) is 11.7 Å². The molecule has 0 amide bonds. The van der Waals surface area contributed by atoms with Crippen molar-refractivity contribution in [1.29, 1.82) is 0 Å². The Morgan fingerprint density at radius 2 is 2.11 bits per heavy atom. The number of phenolic OH excluding ortho intramolecular Hbond substituents is 1. The fraction of sp³-hybridized carbons (Fsp3) is 0.125. The molecular weight excluding hydrogens is 302 g/mol. The summed E-state index contributed by atoms with van der Waals surface area (Å²) in [7, 11) is -4.85. The molecule has 0 radical (unpaired) electrons. The van der Waals surface area contributed by atoms with Crippen LogP contribution in [0.4, 0.5) is 11.4 Å². The first-order valence-electron chi connectivity index (χ1n) is 4.54. The molecule has 0 fully saturated rings. The van der Waals surface area contributed by atoms with Gasteiger partial charge in [-0.2, -0.15) is 8.42 Å². The molecule has 0 saturated heterocycles. The number of amidine groups is 1. The highest BCUT2D eigenvalue weighted by Gasteiger charge is 2.24. The lowest BCUT2D eigenvalue weighted by atomic mass is 10.2. The Bertz CT molecular complexity index is 657. The molecule has 9 nitrogen and oxygen atoms in total. The molecule has 0 aliphatic heterocycles. The molecule has 1 aromatic rings. The van der Waals surface area contributed by atoms with Crippen molar-refractivity contribution in [2.75, 3.05) is 5.88 Å². The minimum atomic E-state index is -4.85. The average Bonchev–Trinajstić information content (AvgIpc) is 2.29. The van der Waals surface area contributed by atoms with E-state index in [0.29, 0.717) is 6.07 Å². The number of alkyl halides is 1. The van der Waals surface area contributed by atoms with E-state index in [9.17, 15) is 23.6 Å². The fourth-order valence-corrected chi connectivity index (χ4v) is 1.83. The third kappa shape index (κ3) is 3.53. The fourth-order valence-electron chi connectivity index (χ4n) is 1.15. The Hall–Kier alpha value is -1.91. The van der Waals surface area contributed by atoms with E-state index in [4.69, 9.17) is 21.9 Å². The first-order valence-corrected chi connectivity index (χ1v) is 6.52. The summed E-state index contributed by atoms with van der Waals surface area (Å²) in [6.45, 7) is 0. The lowest BCUT2D eigenvalue weighted by Crippen LogP contribution is -2.12. The number of aromatic hydroxyl groups is 1. The molecular formula is C8H8ClN3O6S. The van der Waals surface area contributed by atoms with Crippen LogP contribution < -0.4 is 5.73 Å². The van der Waals surface area contributed by atoms with Crippen LogP contribution in [0.25, 0.3) is 0 Å². The standard InChI is InChI=1S/C8H8ClN3O6S/c9-3-7(10)11-5-1-4(12(14)15)2-6(8(5)13)19(16,17)18/h1-2,13H,3H2,(H2,10,11)(H,16,17,18). The quantitative estimate of drug-likeness (QED) is 0.185. The SMILES string of the molecule is NC(CCl)=Nc1cc([N+](=O)[O-])cc(S(=O)(=O)O)c1O. The molecule has 0 unspecified atom stereocenters. The number of aliphatic imine (C=N–C) groups is 1. The van der Waals surface area contributed by atoms with Gasteiger partial charge in [-0.3, -0.25) is 14.7 Å². The van der Waals surface area contributed by atoms with Gasteiger partial charge in [0.25, 0.3) is 15.8 Å². The van der Waals surface area contributed by atoms with Crippen molar-refractivity contribution >= 4 is 38.9 Å². The van der Waals surface area contributed by atoms with E-state index in [1.165, 1.54) is 0 Å². The summed E-state index contributed by atoms with van der Waals surface area (Å²) in [6, 6.07) is 1.30. The number of nitro benzene ring substituents is 1. The predicted octanol–water partition coefficient (Wildman–Crippen LogP) is 0.775. The van der Waals surface area contributed by atoms with Crippen LogP contribution in [0.3, 0.4) is 0 Å². The van der Waals surface area contributed by atoms with Crippen molar-refractivity contribution in [3.8, 4) is 5.75 Å². The van der Waals surface area contributed by atoms with Crippen LogP contribution >= 0.6 is 11.6 Å². The Morgan fingerprint density at radius 3 is 2.53 bits per heavy atom. The minimum absolute atomic E-state index is 0.196. The maximum atomic E-state index is 11.0. The van der Waals surface area contributed by atoms with Gasteiger partial charge in [-0.25, -0.2) is 4.99 Å². The number of hydrogen-bond donors (Lipinski definition) is 3. The van der Waals surface area contributed by atoms with E-state index in [2.05, 4.69) is 4.99 Å². The number of benzene rings is 1. The number of hydrogen-bond acceptors (Lipinski definition) is 6. The summed E-state index contributed by atoms with van der Waals surface area (Å²) in [5.74, 6) is -1.39. The van der Waals surface area contributed by atoms with Crippen molar-refractivity contribution in [2.45, 2.75) is 4.90 Å². The zero-order valence-corrected chi connectivity index (χ0v) is 10.7. The third-order valence-electron chi connectivity index (χ3n) is 1.93. The maximum absolute atomic E-state index is 11.0. The van der Waals surface area contributed by atoms with Crippen LogP contribution in [0, 0.1) is 10.1 Å². The van der Waals surface area contributed by atoms with E-state index in [0.717, 1.165) is 6.07 Å². The molecule has 0 aliphatic rings. The molecule has 4 N–H and O–H groups in total. The van der Waals surface area contributed by atoms with Crippen LogP contribution in [0.5, 0.6) is 5.75 Å². The first kappa shape index (κ1) is 15.1. The molecule has 0 atom stereocenters. The summed E-state index contributed by atoms with van der Waals surface area (Å²) in [5, 5.41) is 20.2. The van der Waals surface area contributed by atoms with Gasteiger partial charge in [0.05, 0.1) is 10.8 Å². The smallest absolute Gasteiger partial charge is 0.298 e. The Balaban J connectivity index is 3.65. The van der Waals surface area contributed by atoms with E-state index >= 15 is 0 Å². The van der Waals surface area contributed by atoms with Gasteiger partial charge in [0.15, 0.2) is 5.75 Å². The minimum Gasteiger partial charge on any atom is -0.504 e. The van der Waals surface area contributed by atoms with Crippen molar-refractivity contribution in [1.82, 2.24) is 0 Å². The zero-order chi connectivity index (χ0) is 14.8. The number of phenols is 1. The molecule has 0 saturated carbocycles. The van der Waals surface area contributed by atoms with Crippen molar-refractivity contribution in [2.24, 2.45) is 10.7 Å². The number of rotatable bonds is 4.